The molecule has 4 heteroatoms. The third-order valence-corrected chi connectivity index (χ3v) is 8.93. The number of aryl methyl sites for hydroxylation is 1. The highest BCUT2D eigenvalue weighted by Gasteiger charge is 2.29. The van der Waals surface area contributed by atoms with Crippen molar-refractivity contribution in [3.05, 3.63) is 113 Å². The number of para-hydroxylation sites is 1. The molecule has 0 amide bonds. The normalized spacial score (nSPS) is 13.3. The molecule has 1 unspecified atom stereocenters. The quantitative estimate of drug-likeness (QED) is 0.184. The summed E-state index contributed by atoms with van der Waals surface area (Å²) in [6.07, 6.45) is 0. The van der Waals surface area contributed by atoms with Gasteiger partial charge in [-0.05, 0) is 91.7 Å². The lowest BCUT2D eigenvalue weighted by Gasteiger charge is -2.30. The molecule has 224 valence electrons. The molecule has 5 aromatic rings. The Labute approximate surface area is 259 Å². The van der Waals surface area contributed by atoms with E-state index in [1.165, 1.54) is 21.9 Å². The summed E-state index contributed by atoms with van der Waals surface area (Å²) in [5, 5.41) is 4.69. The van der Waals surface area contributed by atoms with E-state index in [0.29, 0.717) is 5.75 Å². The van der Waals surface area contributed by atoms with Gasteiger partial charge in [0.1, 0.15) is 17.2 Å². The molecule has 0 fully saturated rings. The first-order valence-electron chi connectivity index (χ1n) is 15.1. The maximum absolute atomic E-state index is 6.84. The van der Waals surface area contributed by atoms with Crippen molar-refractivity contribution in [2.24, 2.45) is 0 Å². The van der Waals surface area contributed by atoms with Crippen LogP contribution in [0, 0.1) is 6.92 Å². The van der Waals surface area contributed by atoms with Gasteiger partial charge in [-0.3, -0.25) is 0 Å². The summed E-state index contributed by atoms with van der Waals surface area (Å²) >= 11 is 0. The molecule has 43 heavy (non-hydrogen) atoms. The predicted octanol–water partition coefficient (Wildman–Crippen LogP) is 12.0. The van der Waals surface area contributed by atoms with E-state index in [2.05, 4.69) is 105 Å². The highest BCUT2D eigenvalue weighted by atomic mass is 31.2. The van der Waals surface area contributed by atoms with E-state index >= 15 is 0 Å². The Morgan fingerprint density at radius 2 is 1.12 bits per heavy atom. The van der Waals surface area contributed by atoms with Crippen molar-refractivity contribution in [3.8, 4) is 17.2 Å². The zero-order chi connectivity index (χ0) is 31.2. The largest absolute Gasteiger partial charge is 0.530 e. The molecule has 1 atom stereocenters. The first kappa shape index (κ1) is 30.9. The monoisotopic (exact) mass is 592 g/mol. The lowest BCUT2D eigenvalue weighted by atomic mass is 9.76. The highest BCUT2D eigenvalue weighted by Crippen LogP contribution is 2.48. The van der Waals surface area contributed by atoms with Crippen molar-refractivity contribution in [1.82, 2.24) is 0 Å². The van der Waals surface area contributed by atoms with Gasteiger partial charge in [0.25, 0.3) is 0 Å². The molecule has 0 aliphatic heterocycles. The average Bonchev–Trinajstić information content (AvgIpc) is 2.91. The van der Waals surface area contributed by atoms with Gasteiger partial charge in [0.15, 0.2) is 0 Å². The van der Waals surface area contributed by atoms with Gasteiger partial charge in [0, 0.05) is 5.56 Å². The van der Waals surface area contributed by atoms with Crippen LogP contribution in [0.25, 0.3) is 21.5 Å². The fourth-order valence-electron chi connectivity index (χ4n) is 5.29. The first-order chi connectivity index (χ1) is 20.1. The SMILES string of the molecule is Cc1ccccc1OP(Oc1ccc2ccccc2c1)Oc1cc2c(C(C)(C)C)cc(C(C)(C)C)cc2cc1C(C)(C)C. The third kappa shape index (κ3) is 7.00. The van der Waals surface area contributed by atoms with Crippen LogP contribution in [0.3, 0.4) is 0 Å². The number of rotatable bonds is 6. The molecular weight excluding hydrogens is 547 g/mol. The van der Waals surface area contributed by atoms with Crippen LogP contribution in [-0.4, -0.2) is 0 Å². The molecule has 0 radical (unpaired) electrons. The van der Waals surface area contributed by atoms with Crippen LogP contribution < -0.4 is 13.6 Å². The van der Waals surface area contributed by atoms with E-state index in [1.54, 1.807) is 0 Å². The van der Waals surface area contributed by atoms with E-state index in [0.717, 1.165) is 33.4 Å². The van der Waals surface area contributed by atoms with E-state index in [1.807, 2.05) is 55.5 Å². The van der Waals surface area contributed by atoms with Gasteiger partial charge in [0.2, 0.25) is 0 Å². The second-order valence-electron chi connectivity index (χ2n) is 14.6. The molecule has 0 aliphatic rings. The molecule has 0 bridgehead atoms. The minimum Gasteiger partial charge on any atom is -0.408 e. The summed E-state index contributed by atoms with van der Waals surface area (Å²) in [4.78, 5) is 0. The second-order valence-corrected chi connectivity index (χ2v) is 15.6. The smallest absolute Gasteiger partial charge is 0.408 e. The zero-order valence-corrected chi connectivity index (χ0v) is 28.2. The topological polar surface area (TPSA) is 27.7 Å². The molecule has 0 saturated carbocycles. The van der Waals surface area contributed by atoms with Crippen molar-refractivity contribution >= 4 is 30.1 Å². The van der Waals surface area contributed by atoms with Crippen LogP contribution in [0.5, 0.6) is 17.2 Å². The van der Waals surface area contributed by atoms with Gasteiger partial charge in [-0.15, -0.1) is 0 Å². The van der Waals surface area contributed by atoms with Crippen molar-refractivity contribution < 1.29 is 13.6 Å². The number of benzene rings is 5. The minimum atomic E-state index is -1.84. The van der Waals surface area contributed by atoms with Crippen LogP contribution >= 0.6 is 8.60 Å². The van der Waals surface area contributed by atoms with Crippen molar-refractivity contribution in [3.63, 3.8) is 0 Å². The van der Waals surface area contributed by atoms with Crippen molar-refractivity contribution in [1.29, 1.82) is 0 Å². The highest BCUT2D eigenvalue weighted by molar-refractivity contribution is 7.43. The lowest BCUT2D eigenvalue weighted by molar-refractivity contribution is 0.382. The Bertz CT molecular complexity index is 1770. The van der Waals surface area contributed by atoms with E-state index in [4.69, 9.17) is 13.6 Å². The molecule has 0 heterocycles. The fraction of sp³-hybridized carbons (Fsp3) is 0.333. The van der Waals surface area contributed by atoms with Crippen molar-refractivity contribution in [2.75, 3.05) is 0 Å². The van der Waals surface area contributed by atoms with Gasteiger partial charge >= 0.3 is 8.60 Å². The standard InChI is InChI=1S/C39H45O3P/c1-26-15-11-14-18-35(26)41-43(40-31-20-19-27-16-12-13-17-28(27)22-31)42-36-25-32-29(23-34(36)39(8,9)10)21-30(37(2,3)4)24-33(32)38(5,6)7/h11-25H,1-10H3. The Kier molecular flexibility index (Phi) is 8.27. The molecule has 0 N–H and O–H groups in total. The number of hydrogen-bond donors (Lipinski definition) is 0. The Balaban J connectivity index is 1.65. The summed E-state index contributed by atoms with van der Waals surface area (Å²) in [6, 6.07) is 31.6. The maximum atomic E-state index is 6.84. The van der Waals surface area contributed by atoms with Crippen LogP contribution in [0.1, 0.15) is 84.6 Å². The number of hydrogen-bond acceptors (Lipinski definition) is 3. The van der Waals surface area contributed by atoms with Gasteiger partial charge in [-0.2, -0.15) is 0 Å². The van der Waals surface area contributed by atoms with Crippen LogP contribution in [0.4, 0.5) is 0 Å². The molecular formula is C39H45O3P. The number of fused-ring (bicyclic) bond motifs is 2. The molecule has 3 nitrogen and oxygen atoms in total. The Hall–Kier alpha value is -3.55. The molecule has 0 saturated heterocycles. The molecule has 0 aromatic heterocycles. The average molecular weight is 593 g/mol. The van der Waals surface area contributed by atoms with Crippen LogP contribution in [0.2, 0.25) is 0 Å². The van der Waals surface area contributed by atoms with E-state index < -0.39 is 8.60 Å². The van der Waals surface area contributed by atoms with Gasteiger partial charge in [0.05, 0.1) is 0 Å². The Morgan fingerprint density at radius 1 is 0.488 bits per heavy atom. The fourth-order valence-corrected chi connectivity index (χ4v) is 6.37. The summed E-state index contributed by atoms with van der Waals surface area (Å²) in [5.74, 6) is 2.24. The summed E-state index contributed by atoms with van der Waals surface area (Å²) in [5.41, 5.74) is 4.60. The van der Waals surface area contributed by atoms with Gasteiger partial charge in [-0.1, -0.05) is 123 Å². The summed E-state index contributed by atoms with van der Waals surface area (Å²) in [6.45, 7) is 22.4. The molecule has 0 aliphatic carbocycles. The Morgan fingerprint density at radius 3 is 1.77 bits per heavy atom. The first-order valence-corrected chi connectivity index (χ1v) is 16.2. The van der Waals surface area contributed by atoms with E-state index in [9.17, 15) is 0 Å². The third-order valence-electron chi connectivity index (χ3n) is 7.88. The molecule has 5 rings (SSSR count). The lowest BCUT2D eigenvalue weighted by Crippen LogP contribution is -2.18. The van der Waals surface area contributed by atoms with Crippen LogP contribution in [0.15, 0.2) is 91.0 Å². The zero-order valence-electron chi connectivity index (χ0n) is 27.3. The summed E-state index contributed by atoms with van der Waals surface area (Å²) < 4.78 is 19.9. The predicted molar refractivity (Wildman–Crippen MR) is 184 cm³/mol. The molecule has 0 spiro atoms. The van der Waals surface area contributed by atoms with E-state index in [-0.39, 0.29) is 16.2 Å². The van der Waals surface area contributed by atoms with Crippen LogP contribution in [-0.2, 0) is 16.2 Å². The maximum Gasteiger partial charge on any atom is 0.530 e. The minimum absolute atomic E-state index is 0.0364. The second kappa shape index (κ2) is 11.5. The van der Waals surface area contributed by atoms with Gasteiger partial charge in [-0.25, -0.2) is 0 Å². The van der Waals surface area contributed by atoms with Gasteiger partial charge < -0.3 is 13.6 Å². The summed E-state index contributed by atoms with van der Waals surface area (Å²) in [7, 11) is -1.84. The van der Waals surface area contributed by atoms with Crippen molar-refractivity contribution in [2.45, 2.75) is 85.5 Å². The molecule has 5 aromatic carbocycles.